The average molecular weight is 379 g/mol. The van der Waals surface area contributed by atoms with Crippen molar-refractivity contribution in [3.63, 3.8) is 0 Å². The van der Waals surface area contributed by atoms with Crippen LogP contribution in [0.2, 0.25) is 5.15 Å². The summed E-state index contributed by atoms with van der Waals surface area (Å²) < 4.78 is 5.34. The third kappa shape index (κ3) is 4.62. The molecule has 136 valence electrons. The van der Waals surface area contributed by atoms with Gasteiger partial charge in [0.25, 0.3) is 0 Å². The molecule has 1 fully saturated rings. The molecule has 24 heavy (non-hydrogen) atoms. The number of hydrogen-bond acceptors (Lipinski definition) is 9. The fraction of sp³-hybridized carbons (Fsp3) is 0.714. The second-order valence-corrected chi connectivity index (χ2v) is 6.93. The number of nitrogens with zero attached hydrogens (tertiary/aromatic N) is 2. The van der Waals surface area contributed by atoms with Crippen molar-refractivity contribution in [3.8, 4) is 0 Å². The zero-order valence-electron chi connectivity index (χ0n) is 13.4. The molecule has 0 bridgehead atoms. The summed E-state index contributed by atoms with van der Waals surface area (Å²) in [5, 5.41) is 32.7. The summed E-state index contributed by atoms with van der Waals surface area (Å²) >= 11 is 7.51. The molecule has 0 saturated heterocycles. The molecule has 1 aliphatic carbocycles. The van der Waals surface area contributed by atoms with Crippen LogP contribution < -0.4 is 11.1 Å². The van der Waals surface area contributed by atoms with Gasteiger partial charge in [0.15, 0.2) is 16.1 Å². The van der Waals surface area contributed by atoms with Gasteiger partial charge >= 0.3 is 0 Å². The summed E-state index contributed by atoms with van der Waals surface area (Å²) in [6.07, 6.45) is -1.36. The highest BCUT2D eigenvalue weighted by Gasteiger charge is 2.42. The van der Waals surface area contributed by atoms with Crippen molar-refractivity contribution in [2.24, 2.45) is 0 Å². The second-order valence-electron chi connectivity index (χ2n) is 5.51. The van der Waals surface area contributed by atoms with E-state index in [1.54, 1.807) is 0 Å². The Bertz CT molecular complexity index is 554. The first-order valence-electron chi connectivity index (χ1n) is 7.78. The van der Waals surface area contributed by atoms with Gasteiger partial charge < -0.3 is 31.1 Å². The smallest absolute Gasteiger partial charge is 0.191 e. The van der Waals surface area contributed by atoms with E-state index in [-0.39, 0.29) is 24.1 Å². The van der Waals surface area contributed by atoms with Crippen LogP contribution in [0.5, 0.6) is 0 Å². The number of anilines is 2. The second kappa shape index (κ2) is 9.02. The summed E-state index contributed by atoms with van der Waals surface area (Å²) in [5.41, 5.74) is 6.11. The highest BCUT2D eigenvalue weighted by molar-refractivity contribution is 7.99. The number of nitrogens with one attached hydrogen (secondary N) is 1. The Balaban J connectivity index is 2.10. The number of ether oxygens (including phenoxy) is 1. The minimum absolute atomic E-state index is 0.0977. The molecule has 1 aliphatic rings. The Morgan fingerprint density at radius 2 is 2.12 bits per heavy atom. The number of hydrogen-bond donors (Lipinski definition) is 5. The van der Waals surface area contributed by atoms with E-state index in [1.807, 2.05) is 6.92 Å². The maximum atomic E-state index is 10.2. The average Bonchev–Trinajstić information content (AvgIpc) is 2.83. The Hall–Kier alpha value is -0.840. The molecule has 1 saturated carbocycles. The molecular formula is C14H23ClN4O4S. The SMILES string of the molecule is CCCSc1nc(Cl)c(N)c(NC2CC(OCCO)C(O)C2O)n1. The number of aliphatic hydroxyl groups is 3. The molecule has 1 aromatic heterocycles. The lowest BCUT2D eigenvalue weighted by Crippen LogP contribution is -2.36. The number of halogens is 1. The fourth-order valence-corrected chi connectivity index (χ4v) is 3.39. The van der Waals surface area contributed by atoms with Crippen LogP contribution in [0.15, 0.2) is 5.16 Å². The molecule has 0 spiro atoms. The number of aromatic nitrogens is 2. The Morgan fingerprint density at radius 1 is 1.38 bits per heavy atom. The van der Waals surface area contributed by atoms with Crippen LogP contribution >= 0.6 is 23.4 Å². The predicted molar refractivity (Wildman–Crippen MR) is 93.3 cm³/mol. The Kier molecular flexibility index (Phi) is 7.33. The van der Waals surface area contributed by atoms with E-state index in [9.17, 15) is 10.2 Å². The quantitative estimate of drug-likeness (QED) is 0.249. The summed E-state index contributed by atoms with van der Waals surface area (Å²) in [6.45, 7) is 2.00. The highest BCUT2D eigenvalue weighted by Crippen LogP contribution is 2.31. The number of aliphatic hydroxyl groups excluding tert-OH is 3. The van der Waals surface area contributed by atoms with Crippen LogP contribution in [0.3, 0.4) is 0 Å². The summed E-state index contributed by atoms with van der Waals surface area (Å²) in [7, 11) is 0. The van der Waals surface area contributed by atoms with Gasteiger partial charge in [0, 0.05) is 5.75 Å². The van der Waals surface area contributed by atoms with E-state index in [0.717, 1.165) is 12.2 Å². The topological polar surface area (TPSA) is 134 Å². The molecule has 10 heteroatoms. The van der Waals surface area contributed by atoms with Gasteiger partial charge in [-0.2, -0.15) is 0 Å². The first-order chi connectivity index (χ1) is 11.5. The molecule has 0 aromatic carbocycles. The van der Waals surface area contributed by atoms with Gasteiger partial charge in [0.1, 0.15) is 17.9 Å². The molecule has 6 N–H and O–H groups in total. The van der Waals surface area contributed by atoms with E-state index in [2.05, 4.69) is 15.3 Å². The molecule has 1 heterocycles. The van der Waals surface area contributed by atoms with Crippen molar-refractivity contribution >= 4 is 34.9 Å². The van der Waals surface area contributed by atoms with E-state index >= 15 is 0 Å². The standard InChI is InChI=1S/C14H23ClN4O4S/c1-2-5-24-14-18-12(15)9(16)13(19-14)17-7-6-8(23-4-3-20)11(22)10(7)21/h7-8,10-11,20-22H,2-6,16H2,1H3,(H,17,18,19). The zero-order chi connectivity index (χ0) is 17.7. The number of rotatable bonds is 8. The monoisotopic (exact) mass is 378 g/mol. The van der Waals surface area contributed by atoms with Gasteiger partial charge in [0.05, 0.1) is 25.4 Å². The maximum Gasteiger partial charge on any atom is 0.191 e. The van der Waals surface area contributed by atoms with Crippen LogP contribution in [-0.2, 0) is 4.74 Å². The lowest BCUT2D eigenvalue weighted by Gasteiger charge is -2.19. The first-order valence-corrected chi connectivity index (χ1v) is 9.15. The summed E-state index contributed by atoms with van der Waals surface area (Å²) in [6, 6.07) is -0.499. The molecule has 4 atom stereocenters. The van der Waals surface area contributed by atoms with Gasteiger partial charge in [-0.15, -0.1) is 0 Å². The van der Waals surface area contributed by atoms with Crippen LogP contribution in [-0.4, -0.2) is 68.6 Å². The summed E-state index contributed by atoms with van der Waals surface area (Å²) in [5.74, 6) is 1.18. The zero-order valence-corrected chi connectivity index (χ0v) is 14.9. The number of nitrogens with two attached hydrogens (primary N) is 1. The van der Waals surface area contributed by atoms with Crippen LogP contribution in [0, 0.1) is 0 Å². The van der Waals surface area contributed by atoms with Gasteiger partial charge in [-0.25, -0.2) is 9.97 Å². The van der Waals surface area contributed by atoms with Crippen molar-refractivity contribution in [2.75, 3.05) is 30.0 Å². The van der Waals surface area contributed by atoms with E-state index in [1.165, 1.54) is 11.8 Å². The van der Waals surface area contributed by atoms with Crippen molar-refractivity contribution in [1.82, 2.24) is 9.97 Å². The lowest BCUT2D eigenvalue weighted by molar-refractivity contribution is -0.0612. The van der Waals surface area contributed by atoms with E-state index in [0.29, 0.717) is 17.4 Å². The Morgan fingerprint density at radius 3 is 2.79 bits per heavy atom. The minimum Gasteiger partial charge on any atom is -0.394 e. The number of thioether (sulfide) groups is 1. The molecule has 4 unspecified atom stereocenters. The van der Waals surface area contributed by atoms with Crippen molar-refractivity contribution in [1.29, 1.82) is 0 Å². The van der Waals surface area contributed by atoms with E-state index < -0.39 is 24.4 Å². The van der Waals surface area contributed by atoms with Crippen LogP contribution in [0.25, 0.3) is 0 Å². The molecule has 0 aliphatic heterocycles. The third-order valence-electron chi connectivity index (χ3n) is 3.69. The maximum absolute atomic E-state index is 10.2. The van der Waals surface area contributed by atoms with E-state index in [4.69, 9.17) is 27.2 Å². The third-order valence-corrected chi connectivity index (χ3v) is 5.03. The van der Waals surface area contributed by atoms with Crippen molar-refractivity contribution < 1.29 is 20.1 Å². The van der Waals surface area contributed by atoms with Gasteiger partial charge in [-0.3, -0.25) is 0 Å². The minimum atomic E-state index is -1.05. The predicted octanol–water partition coefficient (Wildman–Crippen LogP) is 0.498. The first kappa shape index (κ1) is 19.5. The fourth-order valence-electron chi connectivity index (χ4n) is 2.47. The van der Waals surface area contributed by atoms with Gasteiger partial charge in [-0.05, 0) is 12.8 Å². The molecule has 0 amide bonds. The Labute approximate surface area is 149 Å². The van der Waals surface area contributed by atoms with Crippen LogP contribution in [0.4, 0.5) is 11.5 Å². The molecule has 0 radical (unpaired) electrons. The molecule has 8 nitrogen and oxygen atoms in total. The van der Waals surface area contributed by atoms with Gasteiger partial charge in [0.2, 0.25) is 0 Å². The van der Waals surface area contributed by atoms with Crippen molar-refractivity contribution in [2.45, 2.75) is 49.3 Å². The van der Waals surface area contributed by atoms with Crippen molar-refractivity contribution in [3.05, 3.63) is 5.15 Å². The largest absolute Gasteiger partial charge is 0.394 e. The molecule has 1 aromatic rings. The summed E-state index contributed by atoms with van der Waals surface area (Å²) in [4.78, 5) is 8.46. The normalized spacial score (nSPS) is 26.7. The molecular weight excluding hydrogens is 356 g/mol. The van der Waals surface area contributed by atoms with Gasteiger partial charge in [-0.1, -0.05) is 30.3 Å². The molecule has 2 rings (SSSR count). The number of nitrogen functional groups attached to an aromatic ring is 1. The lowest BCUT2D eigenvalue weighted by atomic mass is 10.2. The highest BCUT2D eigenvalue weighted by atomic mass is 35.5. The van der Waals surface area contributed by atoms with Crippen LogP contribution in [0.1, 0.15) is 19.8 Å².